The number of allylic oxidation sites excluding steroid dienone is 4. The number of likely N-dealkylation sites (N-methyl/N-ethyl adjacent to an activating group) is 1. The van der Waals surface area contributed by atoms with Crippen molar-refractivity contribution in [3.05, 3.63) is 24.3 Å². The van der Waals surface area contributed by atoms with Crippen LogP contribution in [0.3, 0.4) is 0 Å². The van der Waals surface area contributed by atoms with Crippen LogP contribution in [0.1, 0.15) is 341 Å². The lowest BCUT2D eigenvalue weighted by molar-refractivity contribution is -0.870. The summed E-state index contributed by atoms with van der Waals surface area (Å²) in [4.78, 5) is 25.6. The highest BCUT2D eigenvalue weighted by Crippen LogP contribution is 2.38. The minimum absolute atomic E-state index is 0.0143. The van der Waals surface area contributed by atoms with E-state index in [0.29, 0.717) is 23.9 Å². The van der Waals surface area contributed by atoms with Gasteiger partial charge in [-0.1, -0.05) is 314 Å². The highest BCUT2D eigenvalue weighted by Gasteiger charge is 2.24. The zero-order valence-electron chi connectivity index (χ0n) is 51.0. The molecule has 0 saturated heterocycles. The molecule has 0 fully saturated rings. The lowest BCUT2D eigenvalue weighted by Gasteiger charge is -2.30. The number of phosphoric acid groups is 1. The van der Waals surface area contributed by atoms with Crippen LogP contribution >= 0.6 is 7.82 Å². The third-order valence-electron chi connectivity index (χ3n) is 15.4. The number of rotatable bonds is 62. The third kappa shape index (κ3) is 60.5. The molecule has 0 spiro atoms. The summed E-state index contributed by atoms with van der Waals surface area (Å²) in [5, 5.41) is 14.1. The summed E-state index contributed by atoms with van der Waals surface area (Å²) in [5.74, 6) is -0.158. The van der Waals surface area contributed by atoms with E-state index >= 15 is 0 Å². The molecule has 0 aliphatic rings. The average Bonchev–Trinajstić information content (AvgIpc) is 3.37. The Bertz CT molecular complexity index is 1270. The predicted octanol–water partition coefficient (Wildman–Crippen LogP) is 20.1. The van der Waals surface area contributed by atoms with Crippen molar-refractivity contribution < 1.29 is 32.9 Å². The van der Waals surface area contributed by atoms with Crippen LogP contribution in [0, 0.1) is 0 Å². The number of hydrogen-bond donors (Lipinski definition) is 2. The van der Waals surface area contributed by atoms with Gasteiger partial charge < -0.3 is 28.8 Å². The molecule has 3 atom stereocenters. The van der Waals surface area contributed by atoms with Gasteiger partial charge in [-0.15, -0.1) is 0 Å². The lowest BCUT2D eigenvalue weighted by Crippen LogP contribution is -2.46. The Morgan fingerprint density at radius 1 is 0.467 bits per heavy atom. The van der Waals surface area contributed by atoms with Crippen molar-refractivity contribution in [3.8, 4) is 0 Å². The molecule has 0 aromatic heterocycles. The zero-order chi connectivity index (χ0) is 54.9. The van der Waals surface area contributed by atoms with Gasteiger partial charge in [0, 0.05) is 6.42 Å². The number of quaternary nitrogens is 1. The molecule has 0 aliphatic carbocycles. The second-order valence-electron chi connectivity index (χ2n) is 24.2. The normalized spacial score (nSPS) is 13.9. The maximum absolute atomic E-state index is 13.0. The van der Waals surface area contributed by atoms with Gasteiger partial charge in [0.25, 0.3) is 7.82 Å². The van der Waals surface area contributed by atoms with Gasteiger partial charge in [0.1, 0.15) is 13.2 Å². The maximum atomic E-state index is 13.0. The first kappa shape index (κ1) is 74.0. The highest BCUT2D eigenvalue weighted by molar-refractivity contribution is 7.45. The Morgan fingerprint density at radius 2 is 0.773 bits per heavy atom. The molecule has 0 radical (unpaired) electrons. The van der Waals surface area contributed by atoms with E-state index in [1.54, 1.807) is 0 Å². The van der Waals surface area contributed by atoms with Crippen molar-refractivity contribution in [1.82, 2.24) is 5.32 Å². The number of unbranched alkanes of at least 4 members (excludes halogenated alkanes) is 45. The quantitative estimate of drug-likeness (QED) is 0.0272. The number of carbonyl (C=O) groups is 1. The van der Waals surface area contributed by atoms with E-state index in [0.717, 1.165) is 44.9 Å². The monoisotopic (exact) mass is 1080 g/mol. The standard InChI is InChI=1S/C66H131N2O6P/c1-6-8-10-12-14-16-18-20-22-24-26-28-30-31-32-33-34-35-36-37-38-40-42-44-46-48-50-52-54-56-58-60-66(70)67-64(63-74-75(71,72)73-62-61-68(3,4)5)65(69)59-57-55-53-51-49-47-45-43-41-39-29-27-25-23-21-19-17-15-13-11-9-7-2/h26,28,31-32,64-65,69H,6-25,27,29-30,33-63H2,1-5H3,(H-,67,70,71,72)/b28-26-,32-31-. The summed E-state index contributed by atoms with van der Waals surface area (Å²) in [7, 11) is 1.32. The largest absolute Gasteiger partial charge is 0.756 e. The summed E-state index contributed by atoms with van der Waals surface area (Å²) in [5.41, 5.74) is 0. The Labute approximate surface area is 468 Å². The molecule has 3 unspecified atom stereocenters. The van der Waals surface area contributed by atoms with Gasteiger partial charge in [-0.25, -0.2) is 0 Å². The molecule has 0 heterocycles. The summed E-state index contributed by atoms with van der Waals surface area (Å²) < 4.78 is 23.5. The van der Waals surface area contributed by atoms with E-state index in [2.05, 4.69) is 43.5 Å². The number of amides is 1. The van der Waals surface area contributed by atoms with Gasteiger partial charge in [-0.2, -0.15) is 0 Å². The molecule has 2 N–H and O–H groups in total. The molecule has 0 rings (SSSR count). The second kappa shape index (κ2) is 57.7. The SMILES string of the molecule is CCCCCCCCCCC/C=C\C/C=C\CCCCCCCCCCCCCCCCCC(=O)NC(COP(=O)([O-])OCC[N+](C)(C)C)C(O)CCCCCCCCCCCCCCCCCCCCCCCC. The van der Waals surface area contributed by atoms with Crippen molar-refractivity contribution in [3.63, 3.8) is 0 Å². The molecule has 9 heteroatoms. The number of aliphatic hydroxyl groups is 1. The van der Waals surface area contributed by atoms with Crippen molar-refractivity contribution in [2.45, 2.75) is 353 Å². The number of phosphoric ester groups is 1. The van der Waals surface area contributed by atoms with Crippen molar-refractivity contribution in [2.24, 2.45) is 0 Å². The van der Waals surface area contributed by atoms with Crippen molar-refractivity contribution in [1.29, 1.82) is 0 Å². The predicted molar refractivity (Wildman–Crippen MR) is 325 cm³/mol. The summed E-state index contributed by atoms with van der Waals surface area (Å²) in [6.45, 7) is 4.78. The van der Waals surface area contributed by atoms with Crippen LogP contribution in [0.25, 0.3) is 0 Å². The van der Waals surface area contributed by atoms with Crippen LogP contribution in [0.15, 0.2) is 24.3 Å². The van der Waals surface area contributed by atoms with E-state index in [-0.39, 0.29) is 19.1 Å². The Balaban J connectivity index is 4.04. The summed E-state index contributed by atoms with van der Waals surface area (Å²) in [6.07, 6.45) is 73.8. The fraction of sp³-hybridized carbons (Fsp3) is 0.924. The van der Waals surface area contributed by atoms with Crippen molar-refractivity contribution >= 4 is 13.7 Å². The summed E-state index contributed by atoms with van der Waals surface area (Å²) >= 11 is 0. The van der Waals surface area contributed by atoms with Crippen LogP contribution < -0.4 is 10.2 Å². The van der Waals surface area contributed by atoms with Crippen LogP contribution in [-0.4, -0.2) is 68.5 Å². The van der Waals surface area contributed by atoms with Gasteiger partial charge in [0.2, 0.25) is 5.91 Å². The minimum Gasteiger partial charge on any atom is -0.756 e. The van der Waals surface area contributed by atoms with E-state index in [1.807, 2.05) is 21.1 Å². The number of aliphatic hydroxyl groups excluding tert-OH is 1. The fourth-order valence-corrected chi connectivity index (χ4v) is 11.0. The Morgan fingerprint density at radius 3 is 1.11 bits per heavy atom. The molecule has 75 heavy (non-hydrogen) atoms. The molecule has 1 amide bonds. The first-order chi connectivity index (χ1) is 36.5. The number of carbonyl (C=O) groups excluding carboxylic acids is 1. The first-order valence-corrected chi connectivity index (χ1v) is 34.6. The molecule has 0 saturated carbocycles. The third-order valence-corrected chi connectivity index (χ3v) is 16.4. The van der Waals surface area contributed by atoms with E-state index < -0.39 is 20.0 Å². The molecule has 446 valence electrons. The van der Waals surface area contributed by atoms with Crippen LogP contribution in [0.2, 0.25) is 0 Å². The smallest absolute Gasteiger partial charge is 0.268 e. The van der Waals surface area contributed by atoms with Gasteiger partial charge >= 0.3 is 0 Å². The molecule has 0 aromatic rings. The molecule has 0 bridgehead atoms. The van der Waals surface area contributed by atoms with Gasteiger partial charge in [0.15, 0.2) is 0 Å². The number of nitrogens with one attached hydrogen (secondary N) is 1. The van der Waals surface area contributed by atoms with E-state index in [4.69, 9.17) is 9.05 Å². The second-order valence-corrected chi connectivity index (χ2v) is 25.6. The highest BCUT2D eigenvalue weighted by atomic mass is 31.2. The molecular formula is C66H131N2O6P. The van der Waals surface area contributed by atoms with E-state index in [9.17, 15) is 19.4 Å². The van der Waals surface area contributed by atoms with Crippen molar-refractivity contribution in [2.75, 3.05) is 40.9 Å². The topological polar surface area (TPSA) is 108 Å². The maximum Gasteiger partial charge on any atom is 0.268 e. The zero-order valence-corrected chi connectivity index (χ0v) is 51.9. The van der Waals surface area contributed by atoms with Crippen LogP contribution in [-0.2, 0) is 18.4 Å². The van der Waals surface area contributed by atoms with E-state index in [1.165, 1.54) is 270 Å². The molecule has 0 aliphatic heterocycles. The fourth-order valence-electron chi connectivity index (χ4n) is 10.3. The molecular weight excluding hydrogens is 948 g/mol. The van der Waals surface area contributed by atoms with Gasteiger partial charge in [-0.05, 0) is 44.9 Å². The first-order valence-electron chi connectivity index (χ1n) is 33.2. The van der Waals surface area contributed by atoms with Gasteiger partial charge in [-0.3, -0.25) is 9.36 Å². The lowest BCUT2D eigenvalue weighted by atomic mass is 10.0. The minimum atomic E-state index is -4.58. The summed E-state index contributed by atoms with van der Waals surface area (Å²) in [6, 6.07) is -0.800. The Hall–Kier alpha value is -1.02. The van der Waals surface area contributed by atoms with Crippen LogP contribution in [0.5, 0.6) is 0 Å². The van der Waals surface area contributed by atoms with Crippen LogP contribution in [0.4, 0.5) is 0 Å². The average molecular weight is 1080 g/mol. The van der Waals surface area contributed by atoms with Gasteiger partial charge in [0.05, 0.1) is 39.9 Å². The molecule has 0 aromatic carbocycles. The Kier molecular flexibility index (Phi) is 56.9. The molecule has 8 nitrogen and oxygen atoms in total. The number of nitrogens with zero attached hydrogens (tertiary/aromatic N) is 1. The number of hydrogen-bond acceptors (Lipinski definition) is 6.